The van der Waals surface area contributed by atoms with E-state index in [0.717, 1.165) is 135 Å². The number of unbranched alkanes of at least 4 members (excludes halogenated alkanes) is 31. The minimum absolute atomic E-state index is 0.0871. The first-order valence-corrected chi connectivity index (χ1v) is 34.5. The lowest BCUT2D eigenvalue weighted by molar-refractivity contribution is -0.167. The van der Waals surface area contributed by atoms with Crippen molar-refractivity contribution in [2.75, 3.05) is 13.2 Å². The molecule has 6 nitrogen and oxygen atoms in total. The van der Waals surface area contributed by atoms with Gasteiger partial charge < -0.3 is 14.2 Å². The van der Waals surface area contributed by atoms with Gasteiger partial charge in [0.1, 0.15) is 13.2 Å². The Bertz CT molecular complexity index is 1690. The predicted molar refractivity (Wildman–Crippen MR) is 357 cm³/mol. The van der Waals surface area contributed by atoms with Crippen LogP contribution in [0.3, 0.4) is 0 Å². The van der Waals surface area contributed by atoms with E-state index in [1.165, 1.54) is 148 Å². The fourth-order valence-corrected chi connectivity index (χ4v) is 9.49. The van der Waals surface area contributed by atoms with Crippen LogP contribution in [0.25, 0.3) is 0 Å². The summed E-state index contributed by atoms with van der Waals surface area (Å²) in [5.74, 6) is -0.899. The third kappa shape index (κ3) is 66.6. The summed E-state index contributed by atoms with van der Waals surface area (Å²) in [7, 11) is 0. The van der Waals surface area contributed by atoms with Gasteiger partial charge in [-0.1, -0.05) is 296 Å². The molecule has 468 valence electrons. The Hall–Kier alpha value is -4.19. The Morgan fingerprint density at radius 1 is 0.256 bits per heavy atom. The molecule has 0 amide bonds. The second kappa shape index (κ2) is 69.3. The van der Waals surface area contributed by atoms with Gasteiger partial charge in [0, 0.05) is 19.3 Å². The fourth-order valence-electron chi connectivity index (χ4n) is 9.49. The van der Waals surface area contributed by atoms with Gasteiger partial charge in [-0.15, -0.1) is 0 Å². The van der Waals surface area contributed by atoms with Gasteiger partial charge in [-0.05, 0) is 128 Å². The first-order valence-electron chi connectivity index (χ1n) is 34.5. The van der Waals surface area contributed by atoms with Crippen LogP contribution >= 0.6 is 0 Å². The number of hydrogen-bond donors (Lipinski definition) is 0. The van der Waals surface area contributed by atoms with E-state index in [0.29, 0.717) is 19.3 Å². The molecule has 6 heteroatoms. The van der Waals surface area contributed by atoms with Crippen LogP contribution < -0.4 is 0 Å². The largest absolute Gasteiger partial charge is 0.462 e. The standard InChI is InChI=1S/C76H128O6/c1-4-7-10-13-16-19-22-25-28-30-32-33-34-35-36-37-38-39-40-41-42-43-45-46-48-51-54-57-60-63-66-69-75(78)81-72-73(71-80-74(77)68-65-62-59-56-53-50-27-24-21-18-15-12-9-6-3)82-76(79)70-67-64-61-58-55-52-49-47-44-31-29-26-23-20-17-14-11-8-5-2/h7,10,15-16,18-19,24-29,32-33,35-36,38-39,41-42,73H,4-6,8-9,11-14,17,20-23,30-31,34,37,40,43-72H2,1-3H3/b10-7-,18-15-,19-16-,27-24-,28-25-,29-26-,33-32-,36-35-,39-38-,42-41-. The number of carbonyl (C=O) groups is 3. The van der Waals surface area contributed by atoms with Gasteiger partial charge in [-0.25, -0.2) is 0 Å². The van der Waals surface area contributed by atoms with Gasteiger partial charge in [0.05, 0.1) is 0 Å². The van der Waals surface area contributed by atoms with E-state index >= 15 is 0 Å². The molecular weight excluding hydrogens is 1010 g/mol. The summed E-state index contributed by atoms with van der Waals surface area (Å²) in [5.41, 5.74) is 0. The minimum atomic E-state index is -0.791. The molecule has 0 aliphatic rings. The lowest BCUT2D eigenvalue weighted by Gasteiger charge is -2.18. The van der Waals surface area contributed by atoms with Crippen molar-refractivity contribution in [2.24, 2.45) is 0 Å². The molecule has 0 bridgehead atoms. The third-order valence-corrected chi connectivity index (χ3v) is 14.7. The molecule has 0 aromatic heterocycles. The van der Waals surface area contributed by atoms with Gasteiger partial charge in [-0.3, -0.25) is 14.4 Å². The summed E-state index contributed by atoms with van der Waals surface area (Å²) in [6, 6.07) is 0. The van der Waals surface area contributed by atoms with Crippen molar-refractivity contribution in [1.82, 2.24) is 0 Å². The normalized spacial score (nSPS) is 12.9. The van der Waals surface area contributed by atoms with Crippen molar-refractivity contribution in [1.29, 1.82) is 0 Å². The molecule has 82 heavy (non-hydrogen) atoms. The lowest BCUT2D eigenvalue weighted by Crippen LogP contribution is -2.30. The maximum atomic E-state index is 12.9. The molecule has 1 atom stereocenters. The number of hydrogen-bond acceptors (Lipinski definition) is 6. The Morgan fingerprint density at radius 3 is 0.793 bits per heavy atom. The van der Waals surface area contributed by atoms with Crippen LogP contribution in [0.4, 0.5) is 0 Å². The molecule has 0 heterocycles. The topological polar surface area (TPSA) is 78.9 Å². The van der Waals surface area contributed by atoms with E-state index in [1.807, 2.05) is 0 Å². The average Bonchev–Trinajstić information content (AvgIpc) is 3.47. The molecule has 0 fully saturated rings. The Kier molecular flexibility index (Phi) is 65.8. The minimum Gasteiger partial charge on any atom is -0.462 e. The van der Waals surface area contributed by atoms with Crippen molar-refractivity contribution in [3.05, 3.63) is 122 Å². The van der Waals surface area contributed by atoms with Crippen LogP contribution in [0.2, 0.25) is 0 Å². The van der Waals surface area contributed by atoms with E-state index in [1.54, 1.807) is 0 Å². The summed E-state index contributed by atoms with van der Waals surface area (Å²) >= 11 is 0. The SMILES string of the molecule is CC/C=C\C/C=C\C/C=C\C/C=C\C/C=C\C/C=C\C/C=C\CCCCCCCCCCCC(=O)OCC(COC(=O)CCCCCCC/C=C\C/C=C\CCCC)OC(=O)CCCCCCCCCCC/C=C\CCCCCCCC. The van der Waals surface area contributed by atoms with Crippen LogP contribution in [0.1, 0.15) is 323 Å². The van der Waals surface area contributed by atoms with Gasteiger partial charge >= 0.3 is 17.9 Å². The summed E-state index contributed by atoms with van der Waals surface area (Å²) in [5, 5.41) is 0. The lowest BCUT2D eigenvalue weighted by atomic mass is 10.1. The molecular formula is C76H128O6. The first kappa shape index (κ1) is 77.8. The Morgan fingerprint density at radius 2 is 0.488 bits per heavy atom. The molecule has 0 spiro atoms. The maximum absolute atomic E-state index is 12.9. The first-order chi connectivity index (χ1) is 40.5. The van der Waals surface area contributed by atoms with E-state index in [9.17, 15) is 14.4 Å². The highest BCUT2D eigenvalue weighted by Crippen LogP contribution is 2.16. The second-order valence-corrected chi connectivity index (χ2v) is 22.7. The fraction of sp³-hybridized carbons (Fsp3) is 0.697. The van der Waals surface area contributed by atoms with E-state index in [-0.39, 0.29) is 31.1 Å². The molecule has 0 radical (unpaired) electrons. The van der Waals surface area contributed by atoms with Crippen molar-refractivity contribution in [3.8, 4) is 0 Å². The number of esters is 3. The zero-order valence-corrected chi connectivity index (χ0v) is 53.7. The quantitative estimate of drug-likeness (QED) is 0.0261. The van der Waals surface area contributed by atoms with E-state index in [4.69, 9.17) is 14.2 Å². The summed E-state index contributed by atoms with van der Waals surface area (Å²) in [4.78, 5) is 38.4. The highest BCUT2D eigenvalue weighted by Gasteiger charge is 2.19. The van der Waals surface area contributed by atoms with Gasteiger partial charge in [0.25, 0.3) is 0 Å². The molecule has 0 aliphatic heterocycles. The van der Waals surface area contributed by atoms with Crippen LogP contribution in [-0.4, -0.2) is 37.2 Å². The van der Waals surface area contributed by atoms with Crippen molar-refractivity contribution in [2.45, 2.75) is 329 Å². The molecule has 1 unspecified atom stereocenters. The highest BCUT2D eigenvalue weighted by molar-refractivity contribution is 5.71. The van der Waals surface area contributed by atoms with Crippen LogP contribution in [0.15, 0.2) is 122 Å². The molecule has 0 saturated heterocycles. The Labute approximate surface area is 507 Å². The van der Waals surface area contributed by atoms with Gasteiger partial charge in [-0.2, -0.15) is 0 Å². The predicted octanol–water partition coefficient (Wildman–Crippen LogP) is 23.9. The van der Waals surface area contributed by atoms with E-state index in [2.05, 4.69) is 142 Å². The smallest absolute Gasteiger partial charge is 0.306 e. The Balaban J connectivity index is 4.32. The number of carbonyl (C=O) groups excluding carboxylic acids is 3. The van der Waals surface area contributed by atoms with Crippen molar-refractivity contribution < 1.29 is 28.6 Å². The summed E-state index contributed by atoms with van der Waals surface area (Å²) in [6.45, 7) is 6.49. The second-order valence-electron chi connectivity index (χ2n) is 22.7. The summed E-state index contributed by atoms with van der Waals surface area (Å²) < 4.78 is 17.0. The zero-order chi connectivity index (χ0) is 59.2. The van der Waals surface area contributed by atoms with Crippen molar-refractivity contribution in [3.63, 3.8) is 0 Å². The van der Waals surface area contributed by atoms with Crippen LogP contribution in [0, 0.1) is 0 Å². The van der Waals surface area contributed by atoms with E-state index < -0.39 is 6.10 Å². The number of allylic oxidation sites excluding steroid dienone is 20. The van der Waals surface area contributed by atoms with Crippen molar-refractivity contribution >= 4 is 17.9 Å². The molecule has 0 aromatic rings. The molecule has 0 rings (SSSR count). The van der Waals surface area contributed by atoms with Crippen LogP contribution in [-0.2, 0) is 28.6 Å². The number of ether oxygens (including phenoxy) is 3. The molecule has 0 aromatic carbocycles. The van der Waals surface area contributed by atoms with Gasteiger partial charge in [0.2, 0.25) is 0 Å². The molecule has 0 aliphatic carbocycles. The van der Waals surface area contributed by atoms with Crippen LogP contribution in [0.5, 0.6) is 0 Å². The molecule has 0 saturated carbocycles. The number of rotatable bonds is 62. The average molecular weight is 1140 g/mol. The summed E-state index contributed by atoms with van der Waals surface area (Å²) in [6.07, 6.45) is 96.4. The van der Waals surface area contributed by atoms with Gasteiger partial charge in [0.15, 0.2) is 6.10 Å². The molecule has 0 N–H and O–H groups in total. The monoisotopic (exact) mass is 1140 g/mol. The third-order valence-electron chi connectivity index (χ3n) is 14.7. The highest BCUT2D eigenvalue weighted by atomic mass is 16.6. The zero-order valence-electron chi connectivity index (χ0n) is 53.7. The maximum Gasteiger partial charge on any atom is 0.306 e.